The Kier molecular flexibility index (Phi) is 9.38. The highest BCUT2D eigenvalue weighted by atomic mass is 16.3. The molecule has 55 heavy (non-hydrogen) atoms. The summed E-state index contributed by atoms with van der Waals surface area (Å²) in [5.74, 6) is 0. The molecule has 0 aliphatic carbocycles. The van der Waals surface area contributed by atoms with Crippen molar-refractivity contribution in [1.82, 2.24) is 0 Å². The summed E-state index contributed by atoms with van der Waals surface area (Å²) in [7, 11) is 0. The van der Waals surface area contributed by atoms with Crippen LogP contribution in [-0.2, 0) is 0 Å². The molecule has 0 atom stereocenters. The molecule has 0 amide bonds. The molecule has 0 bridgehead atoms. The Morgan fingerprint density at radius 2 is 1.04 bits per heavy atom. The molecule has 0 aliphatic rings. The maximum Gasteiger partial charge on any atom is 0.143 e. The Labute approximate surface area is 322 Å². The van der Waals surface area contributed by atoms with Gasteiger partial charge in [-0.15, -0.1) is 0 Å². The van der Waals surface area contributed by atoms with Gasteiger partial charge in [0.1, 0.15) is 11.2 Å². The van der Waals surface area contributed by atoms with Crippen LogP contribution in [0.1, 0.15) is 18.9 Å². The third-order valence-corrected chi connectivity index (χ3v) is 10.5. The molecule has 0 saturated heterocycles. The van der Waals surface area contributed by atoms with Gasteiger partial charge in [0.15, 0.2) is 0 Å². The fourth-order valence-corrected chi connectivity index (χ4v) is 7.73. The quantitative estimate of drug-likeness (QED) is 0.132. The molecule has 0 fully saturated rings. The predicted molar refractivity (Wildman–Crippen MR) is 235 cm³/mol. The number of fused-ring (bicyclic) bond motifs is 4. The summed E-state index contributed by atoms with van der Waals surface area (Å²) in [6.07, 6.45) is 7.80. The summed E-state index contributed by atoms with van der Waals surface area (Å²) in [5, 5.41) is 4.82. The monoisotopic (exact) mass is 707 g/mol. The van der Waals surface area contributed by atoms with Gasteiger partial charge in [-0.05, 0) is 86.5 Å². The Morgan fingerprint density at radius 1 is 0.491 bits per heavy atom. The molecule has 2 heteroatoms. The average Bonchev–Trinajstić information content (AvgIpc) is 3.64. The first-order chi connectivity index (χ1) is 27.2. The summed E-state index contributed by atoms with van der Waals surface area (Å²) in [6, 6.07) is 67.2. The van der Waals surface area contributed by atoms with E-state index in [-0.39, 0.29) is 0 Å². The predicted octanol–water partition coefficient (Wildman–Crippen LogP) is 14.9. The molecular weight excluding hydrogens is 667 g/mol. The summed E-state index contributed by atoms with van der Waals surface area (Å²) >= 11 is 0. The molecule has 0 saturated carbocycles. The van der Waals surface area contributed by atoms with E-state index in [0.717, 1.165) is 50.9 Å². The van der Waals surface area contributed by atoms with E-state index in [9.17, 15) is 0 Å². The maximum absolute atomic E-state index is 6.39. The third-order valence-electron chi connectivity index (χ3n) is 10.5. The second-order valence-corrected chi connectivity index (χ2v) is 13.9. The van der Waals surface area contributed by atoms with Gasteiger partial charge in [0, 0.05) is 34.3 Å². The number of benzene rings is 8. The minimum absolute atomic E-state index is 0.714. The second kappa shape index (κ2) is 15.2. The number of anilines is 2. The highest BCUT2D eigenvalue weighted by molar-refractivity contribution is 6.09. The van der Waals surface area contributed by atoms with Crippen LogP contribution in [0.2, 0.25) is 0 Å². The summed E-state index contributed by atoms with van der Waals surface area (Å²) in [5.41, 5.74) is 13.7. The van der Waals surface area contributed by atoms with E-state index in [2.05, 4.69) is 206 Å². The van der Waals surface area contributed by atoms with Gasteiger partial charge >= 0.3 is 0 Å². The number of rotatable bonds is 10. The van der Waals surface area contributed by atoms with E-state index >= 15 is 0 Å². The molecule has 9 rings (SSSR count). The molecule has 0 radical (unpaired) electrons. The fraction of sp³-hybridized carbons (Fsp3) is 0.0566. The van der Waals surface area contributed by atoms with Crippen LogP contribution in [0, 0.1) is 0 Å². The first-order valence-corrected chi connectivity index (χ1v) is 19.1. The zero-order valence-electron chi connectivity index (χ0n) is 30.9. The van der Waals surface area contributed by atoms with Gasteiger partial charge in [0.05, 0.1) is 0 Å². The lowest BCUT2D eigenvalue weighted by molar-refractivity contribution is 0.670. The Bertz CT molecular complexity index is 2780. The number of allylic oxidation sites excluding steroid dienone is 3. The molecule has 9 aromatic rings. The average molecular weight is 708 g/mol. The molecule has 0 unspecified atom stereocenters. The van der Waals surface area contributed by atoms with Crippen LogP contribution >= 0.6 is 0 Å². The smallest absolute Gasteiger partial charge is 0.143 e. The van der Waals surface area contributed by atoms with E-state index in [4.69, 9.17) is 4.42 Å². The van der Waals surface area contributed by atoms with Crippen molar-refractivity contribution in [2.45, 2.75) is 13.3 Å². The molecular formula is C53H41NO. The minimum atomic E-state index is 0.714. The SMILES string of the molecule is CC/C=C(\C=C/CN(c1ccc(-c2ccc(-c3cccc4ccccc34)cc2)cc1)c1ccc(-c2cccc3c2oc2ccccc23)cc1)c1ccccc1. The van der Waals surface area contributed by atoms with Crippen molar-refractivity contribution in [3.8, 4) is 33.4 Å². The van der Waals surface area contributed by atoms with Gasteiger partial charge in [-0.1, -0.05) is 183 Å². The van der Waals surface area contributed by atoms with Gasteiger partial charge in [0.2, 0.25) is 0 Å². The number of hydrogen-bond acceptors (Lipinski definition) is 2. The van der Waals surface area contributed by atoms with Crippen LogP contribution in [0.3, 0.4) is 0 Å². The summed E-state index contributed by atoms with van der Waals surface area (Å²) < 4.78 is 6.39. The van der Waals surface area contributed by atoms with Crippen molar-refractivity contribution in [3.63, 3.8) is 0 Å². The van der Waals surface area contributed by atoms with E-state index in [1.807, 2.05) is 12.1 Å². The Balaban J connectivity index is 1.03. The molecule has 8 aromatic carbocycles. The normalized spacial score (nSPS) is 11.9. The first-order valence-electron chi connectivity index (χ1n) is 19.1. The number of hydrogen-bond donors (Lipinski definition) is 0. The molecule has 2 nitrogen and oxygen atoms in total. The molecule has 1 heterocycles. The van der Waals surface area contributed by atoms with Crippen LogP contribution < -0.4 is 4.90 Å². The zero-order chi connectivity index (χ0) is 37.0. The molecule has 0 aliphatic heterocycles. The molecule has 0 spiro atoms. The summed E-state index contributed by atoms with van der Waals surface area (Å²) in [6.45, 7) is 2.90. The first kappa shape index (κ1) is 33.9. The van der Waals surface area contributed by atoms with Crippen LogP contribution in [0.5, 0.6) is 0 Å². The van der Waals surface area contributed by atoms with Gasteiger partial charge in [0.25, 0.3) is 0 Å². The van der Waals surface area contributed by atoms with Crippen LogP contribution in [0.25, 0.3) is 71.7 Å². The highest BCUT2D eigenvalue weighted by Crippen LogP contribution is 2.37. The minimum Gasteiger partial charge on any atom is -0.455 e. The Morgan fingerprint density at radius 3 is 1.78 bits per heavy atom. The zero-order valence-corrected chi connectivity index (χ0v) is 30.9. The largest absolute Gasteiger partial charge is 0.455 e. The molecule has 1 aromatic heterocycles. The van der Waals surface area contributed by atoms with Crippen molar-refractivity contribution in [1.29, 1.82) is 0 Å². The van der Waals surface area contributed by atoms with Gasteiger partial charge in [-0.2, -0.15) is 0 Å². The van der Waals surface area contributed by atoms with Gasteiger partial charge in [-0.25, -0.2) is 0 Å². The second-order valence-electron chi connectivity index (χ2n) is 13.9. The van der Waals surface area contributed by atoms with Crippen molar-refractivity contribution in [3.05, 3.63) is 212 Å². The van der Waals surface area contributed by atoms with E-state index in [0.29, 0.717) is 6.54 Å². The van der Waals surface area contributed by atoms with E-state index < -0.39 is 0 Å². The van der Waals surface area contributed by atoms with E-state index in [1.165, 1.54) is 44.2 Å². The number of para-hydroxylation sites is 2. The lowest BCUT2D eigenvalue weighted by Gasteiger charge is -2.24. The van der Waals surface area contributed by atoms with Crippen molar-refractivity contribution in [2.75, 3.05) is 11.4 Å². The lowest BCUT2D eigenvalue weighted by Crippen LogP contribution is -2.16. The van der Waals surface area contributed by atoms with Gasteiger partial charge < -0.3 is 9.32 Å². The standard InChI is InChI=1S/C53H41NO/c1-2-13-38(39-14-4-3-5-15-39)18-12-37-54(46-35-31-44(32-36-46)49-22-11-23-51-50-20-8-9-24-52(50)55-53(49)51)45-33-29-41(30-34-45)40-25-27-43(28-26-40)48-21-10-17-42-16-6-7-19-47(42)48/h3-36H,2,37H2,1H3/b18-12-,38-13+. The van der Waals surface area contributed by atoms with Crippen LogP contribution in [0.4, 0.5) is 11.4 Å². The summed E-state index contributed by atoms with van der Waals surface area (Å²) in [4.78, 5) is 2.38. The topological polar surface area (TPSA) is 16.4 Å². The number of furan rings is 1. The maximum atomic E-state index is 6.39. The van der Waals surface area contributed by atoms with Crippen LogP contribution in [-0.4, -0.2) is 6.54 Å². The van der Waals surface area contributed by atoms with Gasteiger partial charge in [-0.3, -0.25) is 0 Å². The Hall–Kier alpha value is -6.90. The van der Waals surface area contributed by atoms with Crippen molar-refractivity contribution < 1.29 is 4.42 Å². The van der Waals surface area contributed by atoms with Crippen LogP contribution in [0.15, 0.2) is 211 Å². The lowest BCUT2D eigenvalue weighted by atomic mass is 9.96. The van der Waals surface area contributed by atoms with E-state index in [1.54, 1.807) is 0 Å². The fourth-order valence-electron chi connectivity index (χ4n) is 7.73. The van der Waals surface area contributed by atoms with Crippen molar-refractivity contribution in [2.24, 2.45) is 0 Å². The number of nitrogens with zero attached hydrogens (tertiary/aromatic N) is 1. The van der Waals surface area contributed by atoms with Crippen molar-refractivity contribution >= 4 is 49.7 Å². The molecule has 264 valence electrons. The molecule has 0 N–H and O–H groups in total. The highest BCUT2D eigenvalue weighted by Gasteiger charge is 2.14. The third kappa shape index (κ3) is 6.87.